The van der Waals surface area contributed by atoms with Gasteiger partial charge in [-0.2, -0.15) is 0 Å². The Balaban J connectivity index is 1.59. The first kappa shape index (κ1) is 18.2. The quantitative estimate of drug-likeness (QED) is 0.525. The Kier molecular flexibility index (Phi) is 6.32. The minimum absolute atomic E-state index is 0.0324. The molecule has 2 fully saturated rings. The van der Waals surface area contributed by atoms with Crippen LogP contribution in [-0.4, -0.2) is 44.8 Å². The molecule has 3 N–H and O–H groups in total. The lowest BCUT2D eigenvalue weighted by molar-refractivity contribution is 0.0355. The third-order valence-electron chi connectivity index (χ3n) is 5.35. The number of rotatable bonds is 7. The number of nitrogens with zero attached hydrogens (tertiary/aromatic N) is 1. The van der Waals surface area contributed by atoms with Gasteiger partial charge in [0.15, 0.2) is 5.96 Å². The molecular weight excluding hydrogens is 312 g/mol. The lowest BCUT2D eigenvalue weighted by Gasteiger charge is -2.41. The van der Waals surface area contributed by atoms with Gasteiger partial charge in [0.25, 0.3) is 0 Å². The number of aliphatic imine (C=N–C) groups is 1. The number of hydrogen-bond acceptors (Lipinski definition) is 3. The Morgan fingerprint density at radius 2 is 1.92 bits per heavy atom. The minimum atomic E-state index is 0.0324. The van der Waals surface area contributed by atoms with E-state index in [1.807, 2.05) is 7.05 Å². The average molecular weight is 345 g/mol. The molecule has 1 aromatic rings. The van der Waals surface area contributed by atoms with Gasteiger partial charge in [-0.1, -0.05) is 30.3 Å². The lowest BCUT2D eigenvalue weighted by Crippen LogP contribution is -2.58. The van der Waals surface area contributed by atoms with Crippen LogP contribution in [0.2, 0.25) is 0 Å². The Labute approximate surface area is 151 Å². The Hall–Kier alpha value is -1.59. The summed E-state index contributed by atoms with van der Waals surface area (Å²) in [4.78, 5) is 4.38. The summed E-state index contributed by atoms with van der Waals surface area (Å²) < 4.78 is 5.62. The molecule has 0 radical (unpaired) electrons. The second kappa shape index (κ2) is 8.68. The maximum Gasteiger partial charge on any atom is 0.191 e. The van der Waals surface area contributed by atoms with Gasteiger partial charge in [-0.25, -0.2) is 0 Å². The number of nitrogens with one attached hydrogen (secondary N) is 3. The Morgan fingerprint density at radius 1 is 1.20 bits per heavy atom. The summed E-state index contributed by atoms with van der Waals surface area (Å²) in [7, 11) is 1.85. The molecule has 1 saturated heterocycles. The molecule has 1 aromatic carbocycles. The third kappa shape index (κ3) is 5.44. The van der Waals surface area contributed by atoms with Crippen molar-refractivity contribution < 1.29 is 4.74 Å². The first-order valence-electron chi connectivity index (χ1n) is 9.56. The molecular formula is C20H32N4O. The van der Waals surface area contributed by atoms with Gasteiger partial charge < -0.3 is 20.7 Å². The summed E-state index contributed by atoms with van der Waals surface area (Å²) >= 11 is 0. The van der Waals surface area contributed by atoms with Crippen LogP contribution < -0.4 is 16.0 Å². The molecule has 1 heterocycles. The van der Waals surface area contributed by atoms with Gasteiger partial charge in [0.05, 0.1) is 0 Å². The van der Waals surface area contributed by atoms with Crippen molar-refractivity contribution in [3.05, 3.63) is 35.9 Å². The molecule has 1 atom stereocenters. The maximum atomic E-state index is 5.62. The van der Waals surface area contributed by atoms with Crippen LogP contribution in [0.5, 0.6) is 0 Å². The van der Waals surface area contributed by atoms with E-state index in [2.05, 4.69) is 58.2 Å². The molecule has 138 valence electrons. The minimum Gasteiger partial charge on any atom is -0.381 e. The highest BCUT2D eigenvalue weighted by atomic mass is 16.5. The summed E-state index contributed by atoms with van der Waals surface area (Å²) in [5.74, 6) is 1.75. The van der Waals surface area contributed by atoms with E-state index in [1.54, 1.807) is 0 Å². The molecule has 1 unspecified atom stereocenters. The monoisotopic (exact) mass is 344 g/mol. The molecule has 2 aliphatic rings. The first-order valence-corrected chi connectivity index (χ1v) is 9.56. The average Bonchev–Trinajstić information content (AvgIpc) is 3.48. The highest BCUT2D eigenvalue weighted by molar-refractivity contribution is 5.79. The van der Waals surface area contributed by atoms with Gasteiger partial charge in [0.2, 0.25) is 0 Å². The zero-order chi connectivity index (χ0) is 17.5. The van der Waals surface area contributed by atoms with Crippen LogP contribution in [0.3, 0.4) is 0 Å². The van der Waals surface area contributed by atoms with E-state index in [-0.39, 0.29) is 5.54 Å². The van der Waals surface area contributed by atoms with Crippen molar-refractivity contribution in [2.75, 3.05) is 33.4 Å². The second-order valence-electron chi connectivity index (χ2n) is 7.42. The van der Waals surface area contributed by atoms with Crippen LogP contribution >= 0.6 is 0 Å². The number of hydrogen-bond donors (Lipinski definition) is 3. The van der Waals surface area contributed by atoms with Crippen LogP contribution in [0.15, 0.2) is 35.3 Å². The van der Waals surface area contributed by atoms with Gasteiger partial charge in [0.1, 0.15) is 0 Å². The number of ether oxygens (including phenoxy) is 1. The highest BCUT2D eigenvalue weighted by Crippen LogP contribution is 2.27. The molecule has 5 heteroatoms. The molecule has 0 aromatic heterocycles. The Morgan fingerprint density at radius 3 is 2.56 bits per heavy atom. The van der Waals surface area contributed by atoms with Crippen molar-refractivity contribution in [1.29, 1.82) is 0 Å². The summed E-state index contributed by atoms with van der Waals surface area (Å²) in [6, 6.07) is 11.0. The van der Waals surface area contributed by atoms with Crippen LogP contribution in [0, 0.1) is 5.92 Å². The van der Waals surface area contributed by atoms with E-state index in [9.17, 15) is 0 Å². The zero-order valence-electron chi connectivity index (χ0n) is 15.6. The summed E-state index contributed by atoms with van der Waals surface area (Å²) in [5.41, 5.74) is 1.36. The zero-order valence-corrected chi connectivity index (χ0v) is 15.6. The normalized spacial score (nSPS) is 21.6. The largest absolute Gasteiger partial charge is 0.381 e. The van der Waals surface area contributed by atoms with E-state index < -0.39 is 0 Å². The van der Waals surface area contributed by atoms with Crippen molar-refractivity contribution in [2.45, 2.75) is 44.2 Å². The molecule has 3 rings (SSSR count). The van der Waals surface area contributed by atoms with Crippen molar-refractivity contribution in [3.63, 3.8) is 0 Å². The van der Waals surface area contributed by atoms with Gasteiger partial charge in [-0.15, -0.1) is 0 Å². The molecule has 1 aliphatic carbocycles. The van der Waals surface area contributed by atoms with Crippen molar-refractivity contribution in [3.8, 4) is 0 Å². The predicted octanol–water partition coefficient (Wildman–Crippen LogP) is 2.46. The van der Waals surface area contributed by atoms with Crippen LogP contribution in [0.25, 0.3) is 0 Å². The fraction of sp³-hybridized carbons (Fsp3) is 0.650. The molecule has 0 bridgehead atoms. The maximum absolute atomic E-state index is 5.62. The van der Waals surface area contributed by atoms with Crippen LogP contribution in [-0.2, 0) is 4.74 Å². The topological polar surface area (TPSA) is 57.7 Å². The van der Waals surface area contributed by atoms with Gasteiger partial charge in [0, 0.05) is 44.9 Å². The van der Waals surface area contributed by atoms with E-state index in [0.717, 1.165) is 51.0 Å². The molecule has 0 amide bonds. The predicted molar refractivity (Wildman–Crippen MR) is 103 cm³/mol. The molecule has 1 aliphatic heterocycles. The summed E-state index contributed by atoms with van der Waals surface area (Å²) in [6.45, 7) is 5.75. The van der Waals surface area contributed by atoms with Crippen LogP contribution in [0.1, 0.15) is 44.2 Å². The van der Waals surface area contributed by atoms with Crippen molar-refractivity contribution in [1.82, 2.24) is 16.0 Å². The number of benzene rings is 1. The van der Waals surface area contributed by atoms with E-state index in [1.165, 1.54) is 18.4 Å². The Bertz CT molecular complexity index is 550. The fourth-order valence-electron chi connectivity index (χ4n) is 3.46. The first-order chi connectivity index (χ1) is 12.2. The van der Waals surface area contributed by atoms with Crippen molar-refractivity contribution in [2.24, 2.45) is 10.9 Å². The third-order valence-corrected chi connectivity index (χ3v) is 5.35. The fourth-order valence-corrected chi connectivity index (χ4v) is 3.46. The summed E-state index contributed by atoms with van der Waals surface area (Å²) in [5, 5.41) is 10.9. The summed E-state index contributed by atoms with van der Waals surface area (Å²) in [6.07, 6.45) is 4.72. The highest BCUT2D eigenvalue weighted by Gasteiger charge is 2.34. The standard InChI is InChI=1S/C20H32N4O/c1-16(18-6-4-3-5-7-18)24-20(10-12-25-13-11-20)15-23-19(21-2)22-14-17-8-9-17/h3-7,16-17,24H,8-15H2,1-2H3,(H2,21,22,23). The SMILES string of the molecule is CN=C(NCC1CC1)NCC1(NC(C)c2ccccc2)CCOCC1. The number of guanidine groups is 1. The molecule has 25 heavy (non-hydrogen) atoms. The van der Waals surface area contributed by atoms with Gasteiger partial charge in [-0.3, -0.25) is 4.99 Å². The smallest absolute Gasteiger partial charge is 0.191 e. The van der Waals surface area contributed by atoms with Crippen LogP contribution in [0.4, 0.5) is 0 Å². The van der Waals surface area contributed by atoms with E-state index >= 15 is 0 Å². The van der Waals surface area contributed by atoms with Gasteiger partial charge in [-0.05, 0) is 44.1 Å². The lowest BCUT2D eigenvalue weighted by atomic mass is 9.88. The second-order valence-corrected chi connectivity index (χ2v) is 7.42. The van der Waals surface area contributed by atoms with E-state index in [4.69, 9.17) is 4.74 Å². The van der Waals surface area contributed by atoms with E-state index in [0.29, 0.717) is 6.04 Å². The van der Waals surface area contributed by atoms with Crippen molar-refractivity contribution >= 4 is 5.96 Å². The van der Waals surface area contributed by atoms with Gasteiger partial charge >= 0.3 is 0 Å². The molecule has 5 nitrogen and oxygen atoms in total. The molecule has 0 spiro atoms. The molecule has 1 saturated carbocycles.